The van der Waals surface area contributed by atoms with Crippen LogP contribution in [0.25, 0.3) is 0 Å². The maximum atomic E-state index is 13.0. The topological polar surface area (TPSA) is 43.9 Å². The fourth-order valence-electron chi connectivity index (χ4n) is 3.64. The lowest BCUT2D eigenvalue weighted by molar-refractivity contribution is -0.117. The van der Waals surface area contributed by atoms with Crippen LogP contribution in [0.15, 0.2) is 24.3 Å². The fraction of sp³-hybridized carbons (Fsp3) is 0.579. The van der Waals surface area contributed by atoms with Crippen LogP contribution in [-0.4, -0.2) is 61.4 Å². The van der Waals surface area contributed by atoms with E-state index in [2.05, 4.69) is 19.0 Å². The second-order valence-corrected chi connectivity index (χ2v) is 7.06. The summed E-state index contributed by atoms with van der Waals surface area (Å²) in [4.78, 5) is 30.9. The molecular formula is C19H27N3O2. The zero-order valence-corrected chi connectivity index (χ0v) is 14.7. The molecule has 24 heavy (non-hydrogen) atoms. The van der Waals surface area contributed by atoms with E-state index in [0.29, 0.717) is 18.0 Å². The molecule has 0 aliphatic carbocycles. The summed E-state index contributed by atoms with van der Waals surface area (Å²) in [5.41, 5.74) is 1.54. The maximum Gasteiger partial charge on any atom is 0.253 e. The highest BCUT2D eigenvalue weighted by Gasteiger charge is 2.26. The molecule has 130 valence electrons. The summed E-state index contributed by atoms with van der Waals surface area (Å²) in [5, 5.41) is 0. The molecule has 5 heteroatoms. The summed E-state index contributed by atoms with van der Waals surface area (Å²) >= 11 is 0. The third-order valence-electron chi connectivity index (χ3n) is 5.14. The third kappa shape index (κ3) is 3.61. The number of likely N-dealkylation sites (tertiary alicyclic amines) is 1. The standard InChI is InChI=1S/C19H27N3O2/c1-20(2)17-8-3-4-11-21(14-17)19(24)15-7-5-9-16(13-15)22-12-6-10-18(22)23/h5,7,9,13,17H,3-4,6,8,10-12,14H2,1-2H3/t17-/m0/s1. The molecule has 0 spiro atoms. The molecule has 1 aromatic rings. The highest BCUT2D eigenvalue weighted by Crippen LogP contribution is 2.24. The van der Waals surface area contributed by atoms with Crippen molar-refractivity contribution in [1.29, 1.82) is 0 Å². The second kappa shape index (κ2) is 7.34. The smallest absolute Gasteiger partial charge is 0.253 e. The predicted octanol–water partition coefficient (Wildman–Crippen LogP) is 2.37. The van der Waals surface area contributed by atoms with Crippen LogP contribution >= 0.6 is 0 Å². The molecule has 2 amide bonds. The second-order valence-electron chi connectivity index (χ2n) is 7.06. The number of hydrogen-bond donors (Lipinski definition) is 0. The van der Waals surface area contributed by atoms with Gasteiger partial charge in [-0.25, -0.2) is 0 Å². The highest BCUT2D eigenvalue weighted by molar-refractivity contribution is 5.99. The molecule has 0 saturated carbocycles. The summed E-state index contributed by atoms with van der Waals surface area (Å²) in [5.74, 6) is 0.235. The summed E-state index contributed by atoms with van der Waals surface area (Å²) in [6, 6.07) is 7.96. The van der Waals surface area contributed by atoms with Crippen LogP contribution in [0.5, 0.6) is 0 Å². The van der Waals surface area contributed by atoms with E-state index in [0.717, 1.165) is 51.0 Å². The van der Waals surface area contributed by atoms with E-state index in [1.807, 2.05) is 29.2 Å². The predicted molar refractivity (Wildman–Crippen MR) is 95.3 cm³/mol. The molecule has 0 aromatic heterocycles. The van der Waals surface area contributed by atoms with Crippen LogP contribution in [0, 0.1) is 0 Å². The first-order chi connectivity index (χ1) is 11.6. The number of carbonyl (C=O) groups is 2. The normalized spacial score (nSPS) is 22.1. The molecule has 0 bridgehead atoms. The minimum absolute atomic E-state index is 0.0808. The largest absolute Gasteiger partial charge is 0.337 e. The van der Waals surface area contributed by atoms with E-state index >= 15 is 0 Å². The van der Waals surface area contributed by atoms with Crippen LogP contribution in [0.4, 0.5) is 5.69 Å². The van der Waals surface area contributed by atoms with Gasteiger partial charge in [0, 0.05) is 43.3 Å². The van der Waals surface area contributed by atoms with Crippen molar-refractivity contribution in [2.45, 2.75) is 38.1 Å². The van der Waals surface area contributed by atoms with Gasteiger partial charge in [-0.05, 0) is 51.6 Å². The van der Waals surface area contributed by atoms with E-state index in [1.54, 1.807) is 4.90 Å². The Morgan fingerprint density at radius 3 is 2.71 bits per heavy atom. The van der Waals surface area contributed by atoms with Gasteiger partial charge in [0.05, 0.1) is 0 Å². The van der Waals surface area contributed by atoms with Gasteiger partial charge in [-0.3, -0.25) is 9.59 Å². The Bertz CT molecular complexity index is 614. The third-order valence-corrected chi connectivity index (χ3v) is 5.14. The number of amides is 2. The van der Waals surface area contributed by atoms with Gasteiger partial charge in [-0.15, -0.1) is 0 Å². The van der Waals surface area contributed by atoms with Crippen LogP contribution in [0.2, 0.25) is 0 Å². The van der Waals surface area contributed by atoms with Gasteiger partial charge in [-0.1, -0.05) is 12.5 Å². The number of hydrogen-bond acceptors (Lipinski definition) is 3. The molecule has 1 aromatic carbocycles. The van der Waals surface area contributed by atoms with Crippen molar-refractivity contribution in [1.82, 2.24) is 9.80 Å². The van der Waals surface area contributed by atoms with Crippen LogP contribution < -0.4 is 4.90 Å². The first kappa shape index (κ1) is 17.0. The van der Waals surface area contributed by atoms with Gasteiger partial charge in [-0.2, -0.15) is 0 Å². The monoisotopic (exact) mass is 329 g/mol. The number of carbonyl (C=O) groups excluding carboxylic acids is 2. The van der Waals surface area contributed by atoms with Crippen LogP contribution in [-0.2, 0) is 4.79 Å². The number of benzene rings is 1. The molecular weight excluding hydrogens is 302 g/mol. The van der Waals surface area contributed by atoms with Crippen molar-refractivity contribution in [3.05, 3.63) is 29.8 Å². The van der Waals surface area contributed by atoms with E-state index in [-0.39, 0.29) is 11.8 Å². The molecule has 0 N–H and O–H groups in total. The molecule has 5 nitrogen and oxygen atoms in total. The molecule has 2 heterocycles. The average molecular weight is 329 g/mol. The minimum Gasteiger partial charge on any atom is -0.337 e. The Kier molecular flexibility index (Phi) is 5.19. The van der Waals surface area contributed by atoms with E-state index < -0.39 is 0 Å². The van der Waals surface area contributed by atoms with Gasteiger partial charge in [0.25, 0.3) is 5.91 Å². The quantitative estimate of drug-likeness (QED) is 0.855. The van der Waals surface area contributed by atoms with Gasteiger partial charge in [0.1, 0.15) is 0 Å². The number of rotatable bonds is 3. The number of nitrogens with zero attached hydrogens (tertiary/aromatic N) is 3. The average Bonchev–Trinajstić information content (AvgIpc) is 2.85. The maximum absolute atomic E-state index is 13.0. The van der Waals surface area contributed by atoms with Gasteiger partial charge < -0.3 is 14.7 Å². The van der Waals surface area contributed by atoms with Crippen molar-refractivity contribution in [2.24, 2.45) is 0 Å². The lowest BCUT2D eigenvalue weighted by atomic mass is 10.1. The van der Waals surface area contributed by atoms with Crippen LogP contribution in [0.1, 0.15) is 42.5 Å². The van der Waals surface area contributed by atoms with E-state index in [1.165, 1.54) is 0 Å². The van der Waals surface area contributed by atoms with Crippen molar-refractivity contribution in [3.8, 4) is 0 Å². The molecule has 2 fully saturated rings. The van der Waals surface area contributed by atoms with Crippen molar-refractivity contribution in [2.75, 3.05) is 38.6 Å². The van der Waals surface area contributed by atoms with Gasteiger partial charge >= 0.3 is 0 Å². The SMILES string of the molecule is CN(C)[C@H]1CCCCN(C(=O)c2cccc(N3CCCC3=O)c2)C1. The van der Waals surface area contributed by atoms with E-state index in [4.69, 9.17) is 0 Å². The summed E-state index contributed by atoms with van der Waals surface area (Å²) < 4.78 is 0. The lowest BCUT2D eigenvalue weighted by Crippen LogP contribution is -2.42. The molecule has 0 radical (unpaired) electrons. The summed E-state index contributed by atoms with van der Waals surface area (Å²) in [6.07, 6.45) is 4.86. The highest BCUT2D eigenvalue weighted by atomic mass is 16.2. The van der Waals surface area contributed by atoms with E-state index in [9.17, 15) is 9.59 Å². The molecule has 2 aliphatic heterocycles. The number of likely N-dealkylation sites (N-methyl/N-ethyl adjacent to an activating group) is 1. The molecule has 0 unspecified atom stereocenters. The Morgan fingerprint density at radius 2 is 2.00 bits per heavy atom. The molecule has 1 atom stereocenters. The Labute approximate surface area is 144 Å². The first-order valence-corrected chi connectivity index (χ1v) is 8.92. The van der Waals surface area contributed by atoms with Crippen molar-refractivity contribution in [3.63, 3.8) is 0 Å². The molecule has 2 saturated heterocycles. The Balaban J connectivity index is 1.77. The molecule has 3 rings (SSSR count). The Morgan fingerprint density at radius 1 is 1.17 bits per heavy atom. The summed E-state index contributed by atoms with van der Waals surface area (Å²) in [7, 11) is 4.16. The Hall–Kier alpha value is -1.88. The lowest BCUT2D eigenvalue weighted by Gasteiger charge is -2.29. The van der Waals surface area contributed by atoms with Crippen molar-refractivity contribution < 1.29 is 9.59 Å². The number of anilines is 1. The zero-order chi connectivity index (χ0) is 17.1. The summed E-state index contributed by atoms with van der Waals surface area (Å²) in [6.45, 7) is 2.34. The molecule has 2 aliphatic rings. The fourth-order valence-corrected chi connectivity index (χ4v) is 3.64. The van der Waals surface area contributed by atoms with Crippen molar-refractivity contribution >= 4 is 17.5 Å². The van der Waals surface area contributed by atoms with Crippen LogP contribution in [0.3, 0.4) is 0 Å². The van der Waals surface area contributed by atoms with Gasteiger partial charge in [0.15, 0.2) is 0 Å². The minimum atomic E-state index is 0.0808. The van der Waals surface area contributed by atoms with Gasteiger partial charge in [0.2, 0.25) is 5.91 Å². The zero-order valence-electron chi connectivity index (χ0n) is 14.7. The first-order valence-electron chi connectivity index (χ1n) is 8.92.